The van der Waals surface area contributed by atoms with E-state index in [1.54, 1.807) is 18.2 Å². The highest BCUT2D eigenvalue weighted by molar-refractivity contribution is 5.98. The second-order valence-electron chi connectivity index (χ2n) is 3.21. The van der Waals surface area contributed by atoms with E-state index in [1.165, 1.54) is 6.92 Å². The van der Waals surface area contributed by atoms with Crippen molar-refractivity contribution in [3.8, 4) is 0 Å². The van der Waals surface area contributed by atoms with Crippen molar-refractivity contribution in [1.29, 1.82) is 0 Å². The molecule has 0 saturated heterocycles. The van der Waals surface area contributed by atoms with E-state index >= 15 is 0 Å². The Morgan fingerprint density at radius 3 is 2.93 bits per heavy atom. The van der Waals surface area contributed by atoms with Gasteiger partial charge in [0.15, 0.2) is 0 Å². The first kappa shape index (κ1) is 9.67. The van der Waals surface area contributed by atoms with Crippen LogP contribution in [0.1, 0.15) is 29.1 Å². The first-order valence-electron chi connectivity index (χ1n) is 4.39. The van der Waals surface area contributed by atoms with E-state index in [0.717, 1.165) is 0 Å². The Morgan fingerprint density at radius 2 is 2.27 bits per heavy atom. The summed E-state index contributed by atoms with van der Waals surface area (Å²) >= 11 is 0. The molecule has 78 valence electrons. The molecule has 0 radical (unpaired) electrons. The molecular weight excluding hydrogens is 198 g/mol. The molecule has 1 aliphatic rings. The lowest BCUT2D eigenvalue weighted by molar-refractivity contribution is -0.114. The largest absolute Gasteiger partial charge is 0.428 e. The Kier molecular flexibility index (Phi) is 2.17. The summed E-state index contributed by atoms with van der Waals surface area (Å²) in [6.45, 7) is 1.35. The van der Waals surface area contributed by atoms with Crippen LogP contribution in [0.25, 0.3) is 0 Å². The number of fused-ring (bicyclic) bond motifs is 1. The summed E-state index contributed by atoms with van der Waals surface area (Å²) in [4.78, 5) is 22.1. The van der Waals surface area contributed by atoms with Crippen molar-refractivity contribution < 1.29 is 19.4 Å². The van der Waals surface area contributed by atoms with Gasteiger partial charge >= 0.3 is 5.97 Å². The Labute approximate surface area is 85.7 Å². The van der Waals surface area contributed by atoms with Crippen LogP contribution < -0.4 is 5.32 Å². The van der Waals surface area contributed by atoms with Crippen molar-refractivity contribution in [2.24, 2.45) is 0 Å². The van der Waals surface area contributed by atoms with Crippen LogP contribution in [0.15, 0.2) is 18.2 Å². The Hall–Kier alpha value is -1.88. The van der Waals surface area contributed by atoms with Gasteiger partial charge in [0.25, 0.3) is 0 Å². The van der Waals surface area contributed by atoms with Gasteiger partial charge < -0.3 is 15.2 Å². The Morgan fingerprint density at radius 1 is 1.53 bits per heavy atom. The first-order chi connectivity index (χ1) is 7.09. The summed E-state index contributed by atoms with van der Waals surface area (Å²) in [6.07, 6.45) is -1.30. The maximum absolute atomic E-state index is 11.2. The number of hydrogen-bond acceptors (Lipinski definition) is 4. The minimum Gasteiger partial charge on any atom is -0.428 e. The summed E-state index contributed by atoms with van der Waals surface area (Å²) in [6, 6.07) is 4.76. The van der Waals surface area contributed by atoms with Crippen LogP contribution in [0.2, 0.25) is 0 Å². The predicted molar refractivity (Wildman–Crippen MR) is 51.1 cm³/mol. The third kappa shape index (κ3) is 1.57. The number of cyclic esters (lactones) is 1. The number of esters is 1. The van der Waals surface area contributed by atoms with Crippen LogP contribution in [-0.2, 0) is 9.53 Å². The van der Waals surface area contributed by atoms with Gasteiger partial charge in [0.1, 0.15) is 0 Å². The van der Waals surface area contributed by atoms with Crippen LogP contribution in [0, 0.1) is 0 Å². The number of aliphatic hydroxyl groups excluding tert-OH is 1. The molecule has 2 N–H and O–H groups in total. The highest BCUT2D eigenvalue weighted by Gasteiger charge is 2.31. The molecule has 1 aromatic carbocycles. The predicted octanol–water partition coefficient (Wildman–Crippen LogP) is 0.806. The van der Waals surface area contributed by atoms with Crippen molar-refractivity contribution in [2.45, 2.75) is 13.2 Å². The van der Waals surface area contributed by atoms with Crippen molar-refractivity contribution in [1.82, 2.24) is 0 Å². The van der Waals surface area contributed by atoms with Crippen LogP contribution in [0.5, 0.6) is 0 Å². The lowest BCUT2D eigenvalue weighted by atomic mass is 10.1. The fourth-order valence-corrected chi connectivity index (χ4v) is 1.53. The van der Waals surface area contributed by atoms with Gasteiger partial charge in [0.2, 0.25) is 12.2 Å². The molecule has 0 aromatic heterocycles. The van der Waals surface area contributed by atoms with E-state index in [2.05, 4.69) is 10.1 Å². The molecule has 1 aliphatic heterocycles. The molecule has 2 rings (SSSR count). The van der Waals surface area contributed by atoms with Crippen LogP contribution in [0.4, 0.5) is 5.69 Å². The average Bonchev–Trinajstić information content (AvgIpc) is 2.43. The Balaban J connectivity index is 2.50. The molecule has 1 unspecified atom stereocenters. The standard InChI is InChI=1S/C10H9NO4/c1-5(12)11-7-4-2-3-6-8(7)10(14)15-9(6)13/h2-4,10,14H,1H3,(H,11,12). The van der Waals surface area contributed by atoms with E-state index in [-0.39, 0.29) is 11.5 Å². The average molecular weight is 207 g/mol. The number of benzene rings is 1. The fraction of sp³-hybridized carbons (Fsp3) is 0.200. The molecule has 1 aromatic rings. The van der Waals surface area contributed by atoms with Gasteiger partial charge in [-0.2, -0.15) is 0 Å². The monoisotopic (exact) mass is 207 g/mol. The maximum atomic E-state index is 11.2. The van der Waals surface area contributed by atoms with E-state index < -0.39 is 12.3 Å². The topological polar surface area (TPSA) is 75.6 Å². The summed E-state index contributed by atoms with van der Waals surface area (Å²) in [5.41, 5.74) is 1.00. The second-order valence-corrected chi connectivity index (χ2v) is 3.21. The normalized spacial score (nSPS) is 18.3. The number of aliphatic hydroxyl groups is 1. The number of rotatable bonds is 1. The molecule has 1 atom stereocenters. The molecule has 15 heavy (non-hydrogen) atoms. The van der Waals surface area contributed by atoms with Gasteiger partial charge in [-0.25, -0.2) is 4.79 Å². The van der Waals surface area contributed by atoms with Gasteiger partial charge in [-0.1, -0.05) is 6.07 Å². The SMILES string of the molecule is CC(=O)Nc1cccc2c1C(O)OC2=O. The molecule has 0 spiro atoms. The van der Waals surface area contributed by atoms with Gasteiger partial charge in [-0.05, 0) is 12.1 Å². The highest BCUT2D eigenvalue weighted by Crippen LogP contribution is 2.34. The molecule has 0 fully saturated rings. The third-order valence-electron chi connectivity index (χ3n) is 2.10. The summed E-state index contributed by atoms with van der Waals surface area (Å²) in [7, 11) is 0. The van der Waals surface area contributed by atoms with E-state index in [9.17, 15) is 14.7 Å². The molecular formula is C10H9NO4. The van der Waals surface area contributed by atoms with Crippen molar-refractivity contribution >= 4 is 17.6 Å². The Bertz CT molecular complexity index is 441. The van der Waals surface area contributed by atoms with Crippen LogP contribution >= 0.6 is 0 Å². The van der Waals surface area contributed by atoms with Crippen molar-refractivity contribution in [3.05, 3.63) is 29.3 Å². The molecule has 1 heterocycles. The molecule has 0 aliphatic carbocycles. The number of carbonyl (C=O) groups excluding carboxylic acids is 2. The zero-order chi connectivity index (χ0) is 11.0. The zero-order valence-corrected chi connectivity index (χ0v) is 7.98. The van der Waals surface area contributed by atoms with Crippen molar-refractivity contribution in [2.75, 3.05) is 5.32 Å². The van der Waals surface area contributed by atoms with Crippen molar-refractivity contribution in [3.63, 3.8) is 0 Å². The quantitative estimate of drug-likeness (QED) is 0.668. The number of ether oxygens (including phenoxy) is 1. The summed E-state index contributed by atoms with van der Waals surface area (Å²) in [5, 5.41) is 12.0. The smallest absolute Gasteiger partial charge is 0.341 e. The third-order valence-corrected chi connectivity index (χ3v) is 2.10. The molecule has 1 amide bonds. The molecule has 5 heteroatoms. The van der Waals surface area contributed by atoms with E-state index in [0.29, 0.717) is 11.3 Å². The number of amides is 1. The summed E-state index contributed by atoms with van der Waals surface area (Å²) < 4.78 is 4.62. The number of hydrogen-bond donors (Lipinski definition) is 2. The first-order valence-corrected chi connectivity index (χ1v) is 4.39. The minimum absolute atomic E-state index is 0.269. The van der Waals surface area contributed by atoms with Crippen LogP contribution in [-0.4, -0.2) is 17.0 Å². The summed E-state index contributed by atoms with van der Waals surface area (Å²) in [5.74, 6) is -0.848. The number of nitrogens with one attached hydrogen (secondary N) is 1. The molecule has 0 bridgehead atoms. The fourth-order valence-electron chi connectivity index (χ4n) is 1.53. The van der Waals surface area contributed by atoms with E-state index in [1.807, 2.05) is 0 Å². The number of carbonyl (C=O) groups is 2. The maximum Gasteiger partial charge on any atom is 0.341 e. The van der Waals surface area contributed by atoms with E-state index in [4.69, 9.17) is 0 Å². The second kappa shape index (κ2) is 3.36. The lowest BCUT2D eigenvalue weighted by Gasteiger charge is -2.08. The van der Waals surface area contributed by atoms with Gasteiger partial charge in [-0.15, -0.1) is 0 Å². The molecule has 0 saturated carbocycles. The van der Waals surface area contributed by atoms with Gasteiger partial charge in [0, 0.05) is 6.92 Å². The molecule has 5 nitrogen and oxygen atoms in total. The zero-order valence-electron chi connectivity index (χ0n) is 7.98. The van der Waals surface area contributed by atoms with Gasteiger partial charge in [-0.3, -0.25) is 4.79 Å². The highest BCUT2D eigenvalue weighted by atomic mass is 16.6. The lowest BCUT2D eigenvalue weighted by Crippen LogP contribution is -2.09. The number of anilines is 1. The van der Waals surface area contributed by atoms with Crippen LogP contribution in [0.3, 0.4) is 0 Å². The minimum atomic E-state index is -1.30. The van der Waals surface area contributed by atoms with Gasteiger partial charge in [0.05, 0.1) is 16.8 Å².